The minimum Gasteiger partial charge on any atom is -0.0654 e. The van der Waals surface area contributed by atoms with Gasteiger partial charge < -0.3 is 0 Å². The maximum absolute atomic E-state index is 2.30. The standard InChI is InChI=1S/C14H30Si/c1-2-3-4-5-6-10-13-15-14-11-8-7-9-12-14/h14H,2-13,15H2,1H3. The van der Waals surface area contributed by atoms with E-state index in [-0.39, 0.29) is 0 Å². The Morgan fingerprint density at radius 2 is 1.53 bits per heavy atom. The quantitative estimate of drug-likeness (QED) is 0.416. The molecule has 1 fully saturated rings. The highest BCUT2D eigenvalue weighted by molar-refractivity contribution is 6.37. The molecule has 1 aliphatic rings. The van der Waals surface area contributed by atoms with Crippen molar-refractivity contribution in [1.29, 1.82) is 0 Å². The molecule has 0 heterocycles. The molecule has 15 heavy (non-hydrogen) atoms. The van der Waals surface area contributed by atoms with E-state index in [9.17, 15) is 0 Å². The van der Waals surface area contributed by atoms with E-state index in [4.69, 9.17) is 0 Å². The fourth-order valence-corrected chi connectivity index (χ4v) is 5.24. The first-order chi connectivity index (χ1) is 7.43. The van der Waals surface area contributed by atoms with Gasteiger partial charge in [0.2, 0.25) is 0 Å². The molecule has 0 bridgehead atoms. The van der Waals surface area contributed by atoms with Gasteiger partial charge in [-0.25, -0.2) is 0 Å². The molecule has 0 aliphatic heterocycles. The van der Waals surface area contributed by atoms with E-state index in [1.165, 1.54) is 44.1 Å². The summed E-state index contributed by atoms with van der Waals surface area (Å²) >= 11 is 0. The van der Waals surface area contributed by atoms with Crippen LogP contribution in [0.15, 0.2) is 0 Å². The molecule has 0 unspecified atom stereocenters. The molecule has 0 spiro atoms. The lowest BCUT2D eigenvalue weighted by molar-refractivity contribution is 0.499. The average Bonchev–Trinajstić information content (AvgIpc) is 2.29. The van der Waals surface area contributed by atoms with Crippen molar-refractivity contribution >= 4 is 9.52 Å². The molecule has 0 atom stereocenters. The maximum Gasteiger partial charge on any atom is 0.0231 e. The smallest absolute Gasteiger partial charge is 0.0231 e. The summed E-state index contributed by atoms with van der Waals surface area (Å²) in [5.74, 6) is 0. The molecule has 90 valence electrons. The first-order valence-corrected chi connectivity index (χ1v) is 9.25. The topological polar surface area (TPSA) is 0 Å². The summed E-state index contributed by atoms with van der Waals surface area (Å²) in [4.78, 5) is 0. The Bertz CT molecular complexity index is 127. The third-order valence-electron chi connectivity index (χ3n) is 3.94. The van der Waals surface area contributed by atoms with Gasteiger partial charge in [-0.3, -0.25) is 0 Å². The number of rotatable bonds is 8. The Kier molecular flexibility index (Phi) is 8.36. The van der Waals surface area contributed by atoms with Gasteiger partial charge in [0, 0.05) is 9.52 Å². The molecule has 0 radical (unpaired) electrons. The van der Waals surface area contributed by atoms with Crippen LogP contribution in [0.4, 0.5) is 0 Å². The second kappa shape index (κ2) is 9.44. The lowest BCUT2D eigenvalue weighted by Crippen LogP contribution is -2.07. The minimum atomic E-state index is 0.326. The van der Waals surface area contributed by atoms with E-state index in [0.717, 1.165) is 0 Å². The Hall–Kier alpha value is 0.217. The van der Waals surface area contributed by atoms with Crippen LogP contribution < -0.4 is 0 Å². The molecular weight excluding hydrogens is 196 g/mol. The average molecular weight is 226 g/mol. The fourth-order valence-electron chi connectivity index (χ4n) is 2.87. The van der Waals surface area contributed by atoms with Crippen molar-refractivity contribution in [3.05, 3.63) is 0 Å². The summed E-state index contributed by atoms with van der Waals surface area (Å²) in [6.45, 7) is 2.30. The summed E-state index contributed by atoms with van der Waals surface area (Å²) in [7, 11) is 0.326. The van der Waals surface area contributed by atoms with E-state index >= 15 is 0 Å². The van der Waals surface area contributed by atoms with E-state index in [1.807, 2.05) is 0 Å². The summed E-state index contributed by atoms with van der Waals surface area (Å²) in [5, 5.41) is 0. The number of unbranched alkanes of at least 4 members (excludes halogenated alkanes) is 5. The first kappa shape index (κ1) is 13.3. The fraction of sp³-hybridized carbons (Fsp3) is 1.00. The third kappa shape index (κ3) is 7.16. The third-order valence-corrected chi connectivity index (χ3v) is 6.48. The number of hydrogen-bond acceptors (Lipinski definition) is 0. The van der Waals surface area contributed by atoms with E-state index < -0.39 is 0 Å². The van der Waals surface area contributed by atoms with Crippen LogP contribution in [0.25, 0.3) is 0 Å². The van der Waals surface area contributed by atoms with Crippen LogP contribution in [0.5, 0.6) is 0 Å². The summed E-state index contributed by atoms with van der Waals surface area (Å²) < 4.78 is 0. The maximum atomic E-state index is 2.30. The van der Waals surface area contributed by atoms with Crippen molar-refractivity contribution < 1.29 is 0 Å². The number of hydrogen-bond donors (Lipinski definition) is 0. The molecule has 0 aromatic carbocycles. The van der Waals surface area contributed by atoms with Gasteiger partial charge >= 0.3 is 0 Å². The van der Waals surface area contributed by atoms with E-state index in [0.29, 0.717) is 9.52 Å². The normalized spacial score (nSPS) is 19.0. The van der Waals surface area contributed by atoms with Gasteiger partial charge in [0.25, 0.3) is 0 Å². The van der Waals surface area contributed by atoms with Crippen molar-refractivity contribution in [3.8, 4) is 0 Å². The Morgan fingerprint density at radius 1 is 0.867 bits per heavy atom. The molecule has 1 heteroatoms. The van der Waals surface area contributed by atoms with Crippen LogP contribution in [0.2, 0.25) is 11.6 Å². The van der Waals surface area contributed by atoms with Crippen LogP contribution in [0.3, 0.4) is 0 Å². The van der Waals surface area contributed by atoms with Gasteiger partial charge in [0.05, 0.1) is 0 Å². The van der Waals surface area contributed by atoms with Crippen LogP contribution in [0, 0.1) is 0 Å². The van der Waals surface area contributed by atoms with Crippen LogP contribution in [-0.4, -0.2) is 9.52 Å². The van der Waals surface area contributed by atoms with Crippen LogP contribution >= 0.6 is 0 Å². The lowest BCUT2D eigenvalue weighted by Gasteiger charge is -2.20. The van der Waals surface area contributed by atoms with Gasteiger partial charge in [0.1, 0.15) is 0 Å². The molecule has 0 amide bonds. The zero-order valence-electron chi connectivity index (χ0n) is 10.8. The molecule has 0 nitrogen and oxygen atoms in total. The lowest BCUT2D eigenvalue weighted by atomic mass is 10.0. The second-order valence-corrected chi connectivity index (χ2v) is 7.85. The zero-order chi connectivity index (χ0) is 10.8. The Labute approximate surface area is 99.1 Å². The van der Waals surface area contributed by atoms with Crippen LogP contribution in [0.1, 0.15) is 77.6 Å². The predicted octanol–water partition coefficient (Wildman–Crippen LogP) is 4.69. The largest absolute Gasteiger partial charge is 0.0654 e. The minimum absolute atomic E-state index is 0.326. The molecule has 1 aliphatic carbocycles. The van der Waals surface area contributed by atoms with Gasteiger partial charge in [0.15, 0.2) is 0 Å². The second-order valence-electron chi connectivity index (χ2n) is 5.41. The Balaban J connectivity index is 1.79. The highest BCUT2D eigenvalue weighted by Gasteiger charge is 2.12. The van der Waals surface area contributed by atoms with Crippen LogP contribution in [-0.2, 0) is 0 Å². The SMILES string of the molecule is CCCCCCCC[SiH2]C1CCCCC1. The molecule has 0 saturated heterocycles. The van der Waals surface area contributed by atoms with Gasteiger partial charge in [-0.15, -0.1) is 0 Å². The zero-order valence-corrected chi connectivity index (χ0v) is 12.2. The summed E-state index contributed by atoms with van der Waals surface area (Å²) in [6.07, 6.45) is 16.8. The van der Waals surface area contributed by atoms with E-state index in [2.05, 4.69) is 6.92 Å². The monoisotopic (exact) mass is 226 g/mol. The molecule has 0 aromatic heterocycles. The molecular formula is C14H30Si. The van der Waals surface area contributed by atoms with Crippen molar-refractivity contribution in [3.63, 3.8) is 0 Å². The van der Waals surface area contributed by atoms with E-state index in [1.54, 1.807) is 38.1 Å². The summed E-state index contributed by atoms with van der Waals surface area (Å²) in [5.41, 5.74) is 1.24. The Morgan fingerprint density at radius 3 is 2.27 bits per heavy atom. The van der Waals surface area contributed by atoms with Crippen molar-refractivity contribution in [1.82, 2.24) is 0 Å². The molecule has 1 saturated carbocycles. The predicted molar refractivity (Wildman–Crippen MR) is 73.6 cm³/mol. The summed E-state index contributed by atoms with van der Waals surface area (Å²) in [6, 6.07) is 1.65. The highest BCUT2D eigenvalue weighted by Crippen LogP contribution is 2.28. The van der Waals surface area contributed by atoms with Crippen molar-refractivity contribution in [2.75, 3.05) is 0 Å². The van der Waals surface area contributed by atoms with Crippen molar-refractivity contribution in [2.45, 2.75) is 89.1 Å². The van der Waals surface area contributed by atoms with Gasteiger partial charge in [-0.05, 0) is 0 Å². The van der Waals surface area contributed by atoms with Gasteiger partial charge in [-0.2, -0.15) is 0 Å². The highest BCUT2D eigenvalue weighted by atomic mass is 28.2. The first-order valence-electron chi connectivity index (χ1n) is 7.43. The molecule has 1 rings (SSSR count). The molecule has 0 aromatic rings. The van der Waals surface area contributed by atoms with Crippen molar-refractivity contribution in [2.24, 2.45) is 0 Å². The molecule has 0 N–H and O–H groups in total. The van der Waals surface area contributed by atoms with Gasteiger partial charge in [-0.1, -0.05) is 89.1 Å².